The van der Waals surface area contributed by atoms with Crippen molar-refractivity contribution in [2.24, 2.45) is 0 Å². The molecule has 128 valence electrons. The van der Waals surface area contributed by atoms with E-state index in [9.17, 15) is 9.18 Å². The first-order valence-corrected chi connectivity index (χ1v) is 9.50. The van der Waals surface area contributed by atoms with Crippen LogP contribution in [0.1, 0.15) is 27.6 Å². The fourth-order valence-electron chi connectivity index (χ4n) is 3.38. The largest absolute Gasteiger partial charge is 0.360 e. The summed E-state index contributed by atoms with van der Waals surface area (Å²) < 4.78 is 14.1. The summed E-state index contributed by atoms with van der Waals surface area (Å²) in [5.74, 6) is 0.705. The number of aromatic amines is 1. The van der Waals surface area contributed by atoms with Crippen LogP contribution < -0.4 is 0 Å². The summed E-state index contributed by atoms with van der Waals surface area (Å²) in [5, 5.41) is 1.05. The zero-order valence-electron chi connectivity index (χ0n) is 13.7. The van der Waals surface area contributed by atoms with E-state index in [1.54, 1.807) is 24.0 Å². The predicted octanol–water partition coefficient (Wildman–Crippen LogP) is 4.63. The Labute approximate surface area is 150 Å². The van der Waals surface area contributed by atoms with Crippen molar-refractivity contribution in [1.29, 1.82) is 0 Å². The molecule has 5 heteroatoms. The summed E-state index contributed by atoms with van der Waals surface area (Å²) >= 11 is 1.73. The van der Waals surface area contributed by atoms with Gasteiger partial charge in [-0.2, -0.15) is 11.8 Å². The molecule has 1 aromatic heterocycles. The van der Waals surface area contributed by atoms with E-state index in [0.717, 1.165) is 28.6 Å². The van der Waals surface area contributed by atoms with E-state index in [4.69, 9.17) is 0 Å². The number of rotatable bonds is 2. The van der Waals surface area contributed by atoms with E-state index in [1.165, 1.54) is 6.07 Å². The molecule has 1 N–H and O–H groups in total. The first kappa shape index (κ1) is 16.2. The first-order valence-electron chi connectivity index (χ1n) is 8.45. The Morgan fingerprint density at radius 3 is 2.80 bits per heavy atom. The monoisotopic (exact) mass is 354 g/mol. The van der Waals surface area contributed by atoms with Crippen LogP contribution in [-0.2, 0) is 0 Å². The summed E-state index contributed by atoms with van der Waals surface area (Å²) in [6.07, 6.45) is 2.55. The Morgan fingerprint density at radius 1 is 1.12 bits per heavy atom. The van der Waals surface area contributed by atoms with Crippen molar-refractivity contribution in [3.8, 4) is 0 Å². The number of benzene rings is 2. The molecule has 2 aromatic carbocycles. The average molecular weight is 354 g/mol. The zero-order valence-corrected chi connectivity index (χ0v) is 14.6. The number of carbonyl (C=O) groups excluding carboxylic acids is 1. The SMILES string of the molecule is O=C(c1c[nH]c2ccccc12)N1CCS[C@@H](c2ccccc2F)CC1. The van der Waals surface area contributed by atoms with E-state index in [-0.39, 0.29) is 17.0 Å². The summed E-state index contributed by atoms with van der Waals surface area (Å²) in [5.41, 5.74) is 2.43. The van der Waals surface area contributed by atoms with Gasteiger partial charge in [-0.1, -0.05) is 36.4 Å². The smallest absolute Gasteiger partial charge is 0.256 e. The van der Waals surface area contributed by atoms with E-state index >= 15 is 0 Å². The molecule has 1 fully saturated rings. The van der Waals surface area contributed by atoms with Crippen LogP contribution in [0.2, 0.25) is 0 Å². The average Bonchev–Trinajstić information content (AvgIpc) is 2.91. The van der Waals surface area contributed by atoms with Crippen LogP contribution in [0.15, 0.2) is 54.7 Å². The lowest BCUT2D eigenvalue weighted by Gasteiger charge is -2.20. The predicted molar refractivity (Wildman–Crippen MR) is 100 cm³/mol. The maximum absolute atomic E-state index is 14.1. The second-order valence-electron chi connectivity index (χ2n) is 6.21. The first-order chi connectivity index (χ1) is 12.2. The third kappa shape index (κ3) is 3.16. The molecule has 0 bridgehead atoms. The second kappa shape index (κ2) is 6.92. The molecule has 1 aliphatic rings. The quantitative estimate of drug-likeness (QED) is 0.728. The van der Waals surface area contributed by atoms with Crippen LogP contribution in [0.25, 0.3) is 10.9 Å². The van der Waals surface area contributed by atoms with E-state index in [0.29, 0.717) is 18.7 Å². The Balaban J connectivity index is 1.53. The van der Waals surface area contributed by atoms with Crippen LogP contribution in [0.4, 0.5) is 4.39 Å². The summed E-state index contributed by atoms with van der Waals surface area (Å²) in [7, 11) is 0. The minimum Gasteiger partial charge on any atom is -0.360 e. The van der Waals surface area contributed by atoms with Crippen LogP contribution >= 0.6 is 11.8 Å². The molecular formula is C20H19FN2OS. The molecule has 25 heavy (non-hydrogen) atoms. The lowest BCUT2D eigenvalue weighted by Crippen LogP contribution is -2.32. The number of fused-ring (bicyclic) bond motifs is 1. The van der Waals surface area contributed by atoms with Gasteiger partial charge in [-0.25, -0.2) is 4.39 Å². The van der Waals surface area contributed by atoms with E-state index in [1.807, 2.05) is 41.3 Å². The van der Waals surface area contributed by atoms with Gasteiger partial charge in [0, 0.05) is 46.8 Å². The third-order valence-corrected chi connectivity index (χ3v) is 6.01. The Morgan fingerprint density at radius 2 is 1.92 bits per heavy atom. The molecule has 1 aliphatic heterocycles. The number of halogens is 1. The van der Waals surface area contributed by atoms with Crippen LogP contribution in [0.3, 0.4) is 0 Å². The van der Waals surface area contributed by atoms with Crippen LogP contribution in [0.5, 0.6) is 0 Å². The second-order valence-corrected chi connectivity index (χ2v) is 7.52. The molecule has 0 unspecified atom stereocenters. The lowest BCUT2D eigenvalue weighted by atomic mass is 10.1. The van der Waals surface area contributed by atoms with Gasteiger partial charge in [-0.3, -0.25) is 4.79 Å². The highest BCUT2D eigenvalue weighted by Gasteiger charge is 2.25. The number of hydrogen-bond acceptors (Lipinski definition) is 2. The highest BCUT2D eigenvalue weighted by molar-refractivity contribution is 7.99. The number of para-hydroxylation sites is 1. The highest BCUT2D eigenvalue weighted by Crippen LogP contribution is 2.36. The number of H-pyrrole nitrogens is 1. The standard InChI is InChI=1S/C20H19FN2OS/c21-17-7-3-1-6-15(17)19-9-10-23(11-12-25-19)20(24)16-13-22-18-8-4-2-5-14(16)18/h1-8,13,19,22H,9-12H2/t19-/m1/s1. The minimum absolute atomic E-state index is 0.0484. The van der Waals surface area contributed by atoms with Crippen molar-refractivity contribution in [1.82, 2.24) is 9.88 Å². The number of nitrogens with one attached hydrogen (secondary N) is 1. The normalized spacial score (nSPS) is 18.3. The van der Waals surface area contributed by atoms with Gasteiger partial charge in [0.1, 0.15) is 5.82 Å². The molecule has 0 radical (unpaired) electrons. The molecule has 4 rings (SSSR count). The molecule has 0 saturated carbocycles. The van der Waals surface area contributed by atoms with Gasteiger partial charge in [0.05, 0.1) is 5.56 Å². The number of hydrogen-bond donors (Lipinski definition) is 1. The van der Waals surface area contributed by atoms with Crippen LogP contribution in [0, 0.1) is 5.82 Å². The number of amides is 1. The summed E-state index contributed by atoms with van der Waals surface area (Å²) in [4.78, 5) is 18.0. The third-order valence-electron chi connectivity index (χ3n) is 4.70. The van der Waals surface area contributed by atoms with Gasteiger partial charge >= 0.3 is 0 Å². The van der Waals surface area contributed by atoms with E-state index in [2.05, 4.69) is 4.98 Å². The van der Waals surface area contributed by atoms with Gasteiger partial charge in [0.2, 0.25) is 0 Å². The molecule has 3 aromatic rings. The number of carbonyl (C=O) groups is 1. The van der Waals surface area contributed by atoms with E-state index < -0.39 is 0 Å². The van der Waals surface area contributed by atoms with Crippen molar-refractivity contribution >= 4 is 28.6 Å². The van der Waals surface area contributed by atoms with Gasteiger partial charge < -0.3 is 9.88 Å². The zero-order chi connectivity index (χ0) is 17.2. The Hall–Kier alpha value is -2.27. The highest BCUT2D eigenvalue weighted by atomic mass is 32.2. The molecule has 3 nitrogen and oxygen atoms in total. The Bertz CT molecular complexity index is 907. The van der Waals surface area contributed by atoms with Crippen molar-refractivity contribution in [3.63, 3.8) is 0 Å². The van der Waals surface area contributed by atoms with Crippen molar-refractivity contribution in [2.75, 3.05) is 18.8 Å². The van der Waals surface area contributed by atoms with Gasteiger partial charge in [0.15, 0.2) is 0 Å². The molecular weight excluding hydrogens is 335 g/mol. The topological polar surface area (TPSA) is 36.1 Å². The maximum Gasteiger partial charge on any atom is 0.256 e. The van der Waals surface area contributed by atoms with Crippen molar-refractivity contribution < 1.29 is 9.18 Å². The van der Waals surface area contributed by atoms with Gasteiger partial charge in [0.25, 0.3) is 5.91 Å². The molecule has 1 saturated heterocycles. The molecule has 2 heterocycles. The number of thioether (sulfide) groups is 1. The fraction of sp³-hybridized carbons (Fsp3) is 0.250. The fourth-order valence-corrected chi connectivity index (χ4v) is 4.63. The minimum atomic E-state index is -0.156. The van der Waals surface area contributed by atoms with Gasteiger partial charge in [-0.05, 0) is 18.6 Å². The van der Waals surface area contributed by atoms with Crippen molar-refractivity contribution in [3.05, 3.63) is 71.7 Å². The summed E-state index contributed by atoms with van der Waals surface area (Å²) in [6, 6.07) is 14.8. The maximum atomic E-state index is 14.1. The lowest BCUT2D eigenvalue weighted by molar-refractivity contribution is 0.0768. The number of aromatic nitrogens is 1. The molecule has 0 spiro atoms. The molecule has 0 aliphatic carbocycles. The molecule has 1 atom stereocenters. The summed E-state index contributed by atoms with van der Waals surface area (Å²) in [6.45, 7) is 1.33. The molecule has 1 amide bonds. The van der Waals surface area contributed by atoms with Gasteiger partial charge in [-0.15, -0.1) is 0 Å². The number of nitrogens with zero attached hydrogens (tertiary/aromatic N) is 1. The van der Waals surface area contributed by atoms with Crippen molar-refractivity contribution in [2.45, 2.75) is 11.7 Å². The van der Waals surface area contributed by atoms with Crippen LogP contribution in [-0.4, -0.2) is 34.6 Å². The Kier molecular flexibility index (Phi) is 4.49.